The van der Waals surface area contributed by atoms with Gasteiger partial charge in [0.25, 0.3) is 0 Å². The Morgan fingerprint density at radius 2 is 2.27 bits per heavy atom. The van der Waals surface area contributed by atoms with E-state index in [1.54, 1.807) is 0 Å². The fraction of sp³-hybridized carbons (Fsp3) is 0.909. The molecule has 0 aromatic heterocycles. The largest absolute Gasteiger partial charge is 0.381 e. The molecule has 1 fully saturated rings. The van der Waals surface area contributed by atoms with E-state index >= 15 is 0 Å². The molecule has 0 spiro atoms. The molecule has 1 rings (SSSR count). The maximum Gasteiger partial charge on any atom is 0.188 e. The summed E-state index contributed by atoms with van der Waals surface area (Å²) < 4.78 is 5.38. The van der Waals surface area contributed by atoms with Crippen molar-refractivity contribution in [2.45, 2.75) is 39.2 Å². The lowest BCUT2D eigenvalue weighted by Gasteiger charge is -2.23. The van der Waals surface area contributed by atoms with Crippen LogP contribution in [0.3, 0.4) is 0 Å². The predicted molar refractivity (Wildman–Crippen MR) is 62.9 cm³/mol. The second kappa shape index (κ2) is 5.35. The van der Waals surface area contributed by atoms with Crippen molar-refractivity contribution in [1.29, 1.82) is 0 Å². The van der Waals surface area contributed by atoms with Gasteiger partial charge in [0.05, 0.1) is 6.61 Å². The number of hydrogen-bond donors (Lipinski definition) is 2. The summed E-state index contributed by atoms with van der Waals surface area (Å²) in [6, 6.07) is 0. The van der Waals surface area contributed by atoms with Crippen molar-refractivity contribution in [2.24, 2.45) is 16.6 Å². The van der Waals surface area contributed by atoms with E-state index in [4.69, 9.17) is 10.5 Å². The molecule has 4 nitrogen and oxygen atoms in total. The molecule has 1 heterocycles. The Kier molecular flexibility index (Phi) is 4.39. The van der Waals surface area contributed by atoms with Gasteiger partial charge in [0, 0.05) is 24.6 Å². The quantitative estimate of drug-likeness (QED) is 0.534. The van der Waals surface area contributed by atoms with Gasteiger partial charge in [-0.3, -0.25) is 4.99 Å². The van der Waals surface area contributed by atoms with Crippen LogP contribution in [0.25, 0.3) is 0 Å². The molecule has 0 radical (unpaired) electrons. The van der Waals surface area contributed by atoms with Crippen LogP contribution in [0.2, 0.25) is 0 Å². The molecule has 1 atom stereocenters. The van der Waals surface area contributed by atoms with Gasteiger partial charge < -0.3 is 15.8 Å². The van der Waals surface area contributed by atoms with Gasteiger partial charge >= 0.3 is 0 Å². The third kappa shape index (κ3) is 5.62. The first-order chi connectivity index (χ1) is 6.97. The van der Waals surface area contributed by atoms with E-state index < -0.39 is 0 Å². The minimum atomic E-state index is -0.0172. The average molecular weight is 213 g/mol. The summed E-state index contributed by atoms with van der Waals surface area (Å²) in [4.78, 5) is 4.34. The minimum absolute atomic E-state index is 0.0172. The molecular weight excluding hydrogens is 190 g/mol. The van der Waals surface area contributed by atoms with Gasteiger partial charge in [-0.05, 0) is 33.6 Å². The molecule has 1 saturated heterocycles. The lowest BCUT2D eigenvalue weighted by molar-refractivity contribution is 0.0582. The van der Waals surface area contributed by atoms with Crippen LogP contribution in [-0.2, 0) is 4.74 Å². The van der Waals surface area contributed by atoms with Crippen LogP contribution in [0.15, 0.2) is 4.99 Å². The fourth-order valence-electron chi connectivity index (χ4n) is 1.60. The average Bonchev–Trinajstić information content (AvgIpc) is 2.14. The summed E-state index contributed by atoms with van der Waals surface area (Å²) >= 11 is 0. The van der Waals surface area contributed by atoms with E-state index in [-0.39, 0.29) is 5.54 Å². The number of guanidine groups is 1. The molecule has 0 saturated carbocycles. The van der Waals surface area contributed by atoms with Gasteiger partial charge in [-0.25, -0.2) is 0 Å². The summed E-state index contributed by atoms with van der Waals surface area (Å²) in [5.41, 5.74) is 5.76. The monoisotopic (exact) mass is 213 g/mol. The van der Waals surface area contributed by atoms with Crippen molar-refractivity contribution in [3.63, 3.8) is 0 Å². The second-order valence-corrected chi connectivity index (χ2v) is 5.18. The zero-order valence-electron chi connectivity index (χ0n) is 10.0. The Hall–Kier alpha value is -0.770. The third-order valence-electron chi connectivity index (χ3n) is 2.28. The lowest BCUT2D eigenvalue weighted by Crippen LogP contribution is -2.45. The molecule has 1 aliphatic heterocycles. The maximum atomic E-state index is 5.78. The zero-order valence-corrected chi connectivity index (χ0v) is 10.0. The highest BCUT2D eigenvalue weighted by molar-refractivity contribution is 5.78. The number of hydrogen-bond acceptors (Lipinski definition) is 2. The molecule has 0 aromatic carbocycles. The van der Waals surface area contributed by atoms with Crippen molar-refractivity contribution in [1.82, 2.24) is 5.32 Å². The van der Waals surface area contributed by atoms with Crippen LogP contribution < -0.4 is 11.1 Å². The summed E-state index contributed by atoms with van der Waals surface area (Å²) in [7, 11) is 0. The second-order valence-electron chi connectivity index (χ2n) is 5.18. The van der Waals surface area contributed by atoms with Gasteiger partial charge in [-0.1, -0.05) is 0 Å². The van der Waals surface area contributed by atoms with Crippen molar-refractivity contribution < 1.29 is 4.74 Å². The molecule has 88 valence electrons. The fourth-order valence-corrected chi connectivity index (χ4v) is 1.60. The Morgan fingerprint density at radius 1 is 1.53 bits per heavy atom. The summed E-state index contributed by atoms with van der Waals surface area (Å²) in [5, 5.41) is 3.15. The number of nitrogens with zero attached hydrogens (tertiary/aromatic N) is 1. The van der Waals surface area contributed by atoms with Crippen LogP contribution in [0.4, 0.5) is 0 Å². The first kappa shape index (κ1) is 12.3. The Labute approximate surface area is 92.3 Å². The molecular formula is C11H23N3O. The van der Waals surface area contributed by atoms with Crippen LogP contribution >= 0.6 is 0 Å². The first-order valence-electron chi connectivity index (χ1n) is 5.63. The third-order valence-corrected chi connectivity index (χ3v) is 2.28. The van der Waals surface area contributed by atoms with Crippen molar-refractivity contribution in [2.75, 3.05) is 19.8 Å². The van der Waals surface area contributed by atoms with E-state index in [1.807, 2.05) is 0 Å². The van der Waals surface area contributed by atoms with Gasteiger partial charge in [-0.15, -0.1) is 0 Å². The van der Waals surface area contributed by atoms with Gasteiger partial charge in [-0.2, -0.15) is 0 Å². The number of nitrogens with one attached hydrogen (secondary N) is 1. The van der Waals surface area contributed by atoms with Crippen molar-refractivity contribution in [3.8, 4) is 0 Å². The zero-order chi connectivity index (χ0) is 11.3. The molecule has 4 heteroatoms. The van der Waals surface area contributed by atoms with Gasteiger partial charge in [0.2, 0.25) is 0 Å². The Morgan fingerprint density at radius 3 is 2.80 bits per heavy atom. The highest BCUT2D eigenvalue weighted by atomic mass is 16.5. The van der Waals surface area contributed by atoms with E-state index in [1.165, 1.54) is 6.42 Å². The minimum Gasteiger partial charge on any atom is -0.381 e. The lowest BCUT2D eigenvalue weighted by atomic mass is 10.0. The van der Waals surface area contributed by atoms with E-state index in [9.17, 15) is 0 Å². The van der Waals surface area contributed by atoms with E-state index in [0.717, 1.165) is 26.2 Å². The SMILES string of the molecule is CC(C)(C)NC(N)=NCC1CCCOC1. The van der Waals surface area contributed by atoms with E-state index in [0.29, 0.717) is 11.9 Å². The highest BCUT2D eigenvalue weighted by Gasteiger charge is 2.14. The smallest absolute Gasteiger partial charge is 0.188 e. The Balaban J connectivity index is 2.29. The summed E-state index contributed by atoms with van der Waals surface area (Å²) in [6.45, 7) is 8.70. The summed E-state index contributed by atoms with van der Waals surface area (Å²) in [6.07, 6.45) is 2.35. The van der Waals surface area contributed by atoms with E-state index in [2.05, 4.69) is 31.1 Å². The first-order valence-corrected chi connectivity index (χ1v) is 5.63. The summed E-state index contributed by atoms with van der Waals surface area (Å²) in [5.74, 6) is 1.08. The molecule has 1 unspecified atom stereocenters. The maximum absolute atomic E-state index is 5.78. The molecule has 0 amide bonds. The normalized spacial score (nSPS) is 23.9. The predicted octanol–water partition coefficient (Wildman–Crippen LogP) is 1.12. The molecule has 1 aliphatic rings. The van der Waals surface area contributed by atoms with Gasteiger partial charge in [0.15, 0.2) is 5.96 Å². The standard InChI is InChI=1S/C11H23N3O/c1-11(2,3)14-10(12)13-7-9-5-4-6-15-8-9/h9H,4-8H2,1-3H3,(H3,12,13,14). The molecule has 3 N–H and O–H groups in total. The molecule has 0 aliphatic carbocycles. The highest BCUT2D eigenvalue weighted by Crippen LogP contribution is 2.13. The molecule has 0 aromatic rings. The van der Waals surface area contributed by atoms with Crippen LogP contribution in [0.1, 0.15) is 33.6 Å². The number of ether oxygens (including phenoxy) is 1. The molecule has 15 heavy (non-hydrogen) atoms. The number of rotatable bonds is 2. The van der Waals surface area contributed by atoms with Crippen LogP contribution in [0.5, 0.6) is 0 Å². The number of nitrogens with two attached hydrogens (primary N) is 1. The number of aliphatic imine (C=N–C) groups is 1. The van der Waals surface area contributed by atoms with Crippen LogP contribution in [-0.4, -0.2) is 31.3 Å². The Bertz CT molecular complexity index is 214. The van der Waals surface area contributed by atoms with Crippen LogP contribution in [0, 0.1) is 5.92 Å². The van der Waals surface area contributed by atoms with Crippen molar-refractivity contribution in [3.05, 3.63) is 0 Å². The van der Waals surface area contributed by atoms with Crippen molar-refractivity contribution >= 4 is 5.96 Å². The topological polar surface area (TPSA) is 59.6 Å². The molecule has 0 bridgehead atoms. The van der Waals surface area contributed by atoms with Gasteiger partial charge in [0.1, 0.15) is 0 Å².